The van der Waals surface area contributed by atoms with E-state index in [1.54, 1.807) is 0 Å². The highest BCUT2D eigenvalue weighted by Gasteiger charge is 2.51. The van der Waals surface area contributed by atoms with E-state index >= 15 is 0 Å². The molecule has 4 heterocycles. The molecule has 190 valence electrons. The number of pyridine rings is 1. The molecule has 1 saturated carbocycles. The number of carbonyl (C=O) groups excluding carboxylic acids is 1. The molecule has 1 aromatic heterocycles. The predicted molar refractivity (Wildman–Crippen MR) is 127 cm³/mol. The summed E-state index contributed by atoms with van der Waals surface area (Å²) in [6.45, 7) is 5.54. The van der Waals surface area contributed by atoms with Crippen molar-refractivity contribution in [2.24, 2.45) is 28.7 Å². The molecule has 1 aromatic rings. The fourth-order valence-electron chi connectivity index (χ4n) is 5.42. The number of nitriles is 1. The van der Waals surface area contributed by atoms with Crippen LogP contribution in [-0.2, 0) is 9.53 Å². The van der Waals surface area contributed by atoms with Gasteiger partial charge in [0.2, 0.25) is 5.91 Å². The molecular weight excluding hydrogens is 453 g/mol. The Kier molecular flexibility index (Phi) is 6.89. The van der Waals surface area contributed by atoms with Crippen LogP contribution in [0.1, 0.15) is 12.8 Å². The van der Waals surface area contributed by atoms with Gasteiger partial charge in [-0.2, -0.15) is 5.26 Å². The number of ether oxygens (including phenoxy) is 1. The van der Waals surface area contributed by atoms with Gasteiger partial charge in [0.15, 0.2) is 5.82 Å². The second-order valence-corrected chi connectivity index (χ2v) is 10.1. The summed E-state index contributed by atoms with van der Waals surface area (Å²) in [6, 6.07) is 2.87. The molecule has 7 N–H and O–H groups in total. The molecule has 1 amide bonds. The zero-order valence-electron chi connectivity index (χ0n) is 19.8. The van der Waals surface area contributed by atoms with Crippen LogP contribution in [0.2, 0.25) is 0 Å². The minimum absolute atomic E-state index is 0.172. The Morgan fingerprint density at radius 3 is 2.46 bits per heavy atom. The Labute approximate surface area is 204 Å². The number of rotatable bonds is 7. The molecule has 3 aliphatic heterocycles. The molecular formula is C23H34FN9O2. The maximum absolute atomic E-state index is 14.9. The number of nitrogens with one attached hydrogen (secondary N) is 3. The van der Waals surface area contributed by atoms with Gasteiger partial charge in [0, 0.05) is 45.2 Å². The summed E-state index contributed by atoms with van der Waals surface area (Å²) >= 11 is 0. The third kappa shape index (κ3) is 4.84. The van der Waals surface area contributed by atoms with Crippen LogP contribution in [0.4, 0.5) is 15.8 Å². The van der Waals surface area contributed by atoms with Gasteiger partial charge in [-0.1, -0.05) is 0 Å². The standard InChI is InChI=1S/C23H34FN9O2/c24-16-9-28-10-17(19(16)33-5-3-32(4-6-33)15-11-35-12-15)31-22(34)18(20(26)27)21-29-7-14(8-30-21)23(13-25)1-2-23/h9-10,14-15,18,20-21,29-30H,1-8,11-12,26-27H2,(H,31,34). The van der Waals surface area contributed by atoms with E-state index in [0.717, 1.165) is 45.3 Å². The lowest BCUT2D eigenvalue weighted by molar-refractivity contribution is -0.122. The van der Waals surface area contributed by atoms with Gasteiger partial charge >= 0.3 is 0 Å². The third-order valence-electron chi connectivity index (χ3n) is 7.94. The van der Waals surface area contributed by atoms with Gasteiger partial charge in [-0.3, -0.25) is 14.7 Å². The molecule has 4 fully saturated rings. The summed E-state index contributed by atoms with van der Waals surface area (Å²) in [5.74, 6) is -1.53. The van der Waals surface area contributed by atoms with E-state index in [2.05, 4.69) is 31.9 Å². The fourth-order valence-corrected chi connectivity index (χ4v) is 5.42. The number of carbonyl (C=O) groups is 1. The van der Waals surface area contributed by atoms with Crippen LogP contribution in [-0.4, -0.2) is 86.6 Å². The lowest BCUT2D eigenvalue weighted by Gasteiger charge is -2.43. The van der Waals surface area contributed by atoms with Crippen LogP contribution in [0.15, 0.2) is 12.4 Å². The Balaban J connectivity index is 1.25. The van der Waals surface area contributed by atoms with Crippen LogP contribution >= 0.6 is 0 Å². The first-order valence-corrected chi connectivity index (χ1v) is 12.3. The molecule has 0 spiro atoms. The normalized spacial score (nSPS) is 27.7. The van der Waals surface area contributed by atoms with Crippen LogP contribution < -0.4 is 32.3 Å². The molecule has 11 nitrogen and oxygen atoms in total. The van der Waals surface area contributed by atoms with Gasteiger partial charge in [-0.15, -0.1) is 0 Å². The molecule has 0 bridgehead atoms. The average molecular weight is 488 g/mol. The summed E-state index contributed by atoms with van der Waals surface area (Å²) in [6.07, 6.45) is 3.03. The SMILES string of the molecule is N#CC1(C2CNC(C(C(=O)Nc3cncc(F)c3N3CCN(C4COC4)CC3)C(N)N)NC2)CC1. The van der Waals surface area contributed by atoms with Crippen LogP contribution in [0.5, 0.6) is 0 Å². The topological polar surface area (TPSA) is 158 Å². The number of anilines is 2. The molecule has 35 heavy (non-hydrogen) atoms. The van der Waals surface area contributed by atoms with Gasteiger partial charge in [0.05, 0.1) is 67.1 Å². The summed E-state index contributed by atoms with van der Waals surface area (Å²) < 4.78 is 20.2. The Bertz CT molecular complexity index is 962. The largest absolute Gasteiger partial charge is 0.378 e. The smallest absolute Gasteiger partial charge is 0.233 e. The Hall–Kier alpha value is -2.40. The summed E-state index contributed by atoms with van der Waals surface area (Å²) in [5, 5.41) is 18.9. The van der Waals surface area contributed by atoms with Crippen LogP contribution in [0.25, 0.3) is 0 Å². The maximum Gasteiger partial charge on any atom is 0.233 e. The minimum atomic E-state index is -0.944. The van der Waals surface area contributed by atoms with Crippen molar-refractivity contribution in [1.82, 2.24) is 20.5 Å². The molecule has 4 aliphatic rings. The zero-order chi connectivity index (χ0) is 24.6. The van der Waals surface area contributed by atoms with Gasteiger partial charge < -0.3 is 37.1 Å². The number of nitrogens with zero attached hydrogens (tertiary/aromatic N) is 4. The van der Waals surface area contributed by atoms with Crippen molar-refractivity contribution in [3.8, 4) is 6.07 Å². The number of hydrogen-bond donors (Lipinski definition) is 5. The van der Waals surface area contributed by atoms with E-state index in [-0.39, 0.29) is 11.3 Å². The second kappa shape index (κ2) is 9.93. The molecule has 1 aliphatic carbocycles. The lowest BCUT2D eigenvalue weighted by Crippen LogP contribution is -2.64. The predicted octanol–water partition coefficient (Wildman–Crippen LogP) is -1.02. The Morgan fingerprint density at radius 1 is 1.23 bits per heavy atom. The van der Waals surface area contributed by atoms with E-state index in [0.29, 0.717) is 43.6 Å². The average Bonchev–Trinajstić information content (AvgIpc) is 3.61. The van der Waals surface area contributed by atoms with Crippen molar-refractivity contribution in [3.05, 3.63) is 18.2 Å². The van der Waals surface area contributed by atoms with Crippen molar-refractivity contribution < 1.29 is 13.9 Å². The zero-order valence-corrected chi connectivity index (χ0v) is 19.8. The summed E-state index contributed by atoms with van der Waals surface area (Å²) in [7, 11) is 0. The number of piperazine rings is 1. The third-order valence-corrected chi connectivity index (χ3v) is 7.94. The van der Waals surface area contributed by atoms with Gasteiger partial charge in [-0.05, 0) is 12.8 Å². The van der Waals surface area contributed by atoms with Crippen molar-refractivity contribution in [2.75, 3.05) is 62.7 Å². The molecule has 3 saturated heterocycles. The van der Waals surface area contributed by atoms with E-state index < -0.39 is 30.0 Å². The van der Waals surface area contributed by atoms with Crippen molar-refractivity contribution >= 4 is 17.3 Å². The number of aromatic nitrogens is 1. The van der Waals surface area contributed by atoms with Crippen LogP contribution in [0.3, 0.4) is 0 Å². The number of hydrogen-bond acceptors (Lipinski definition) is 10. The fraction of sp³-hybridized carbons (Fsp3) is 0.696. The minimum Gasteiger partial charge on any atom is -0.378 e. The highest BCUT2D eigenvalue weighted by atomic mass is 19.1. The quantitative estimate of drug-likeness (QED) is 0.302. The number of amides is 1. The monoisotopic (exact) mass is 487 g/mol. The van der Waals surface area contributed by atoms with E-state index in [4.69, 9.17) is 16.2 Å². The highest BCUT2D eigenvalue weighted by Crippen LogP contribution is 2.51. The number of halogens is 1. The maximum atomic E-state index is 14.9. The van der Waals surface area contributed by atoms with E-state index in [9.17, 15) is 14.4 Å². The van der Waals surface area contributed by atoms with Crippen molar-refractivity contribution in [2.45, 2.75) is 31.2 Å². The summed E-state index contributed by atoms with van der Waals surface area (Å²) in [4.78, 5) is 21.6. The highest BCUT2D eigenvalue weighted by molar-refractivity contribution is 5.96. The first kappa shape index (κ1) is 24.3. The molecule has 0 aromatic carbocycles. The van der Waals surface area contributed by atoms with Gasteiger partial charge in [0.25, 0.3) is 0 Å². The van der Waals surface area contributed by atoms with E-state index in [1.165, 1.54) is 6.20 Å². The van der Waals surface area contributed by atoms with Crippen LogP contribution in [0, 0.1) is 34.4 Å². The lowest BCUT2D eigenvalue weighted by atomic mass is 9.87. The van der Waals surface area contributed by atoms with Crippen molar-refractivity contribution in [3.63, 3.8) is 0 Å². The molecule has 1 atom stereocenters. The second-order valence-electron chi connectivity index (χ2n) is 10.1. The summed E-state index contributed by atoms with van der Waals surface area (Å²) in [5.41, 5.74) is 12.4. The van der Waals surface area contributed by atoms with Gasteiger partial charge in [0.1, 0.15) is 5.69 Å². The first-order valence-electron chi connectivity index (χ1n) is 12.3. The molecule has 5 rings (SSSR count). The van der Waals surface area contributed by atoms with E-state index in [1.807, 2.05) is 4.90 Å². The number of nitrogens with two attached hydrogens (primary N) is 2. The first-order chi connectivity index (χ1) is 16.9. The Morgan fingerprint density at radius 2 is 1.91 bits per heavy atom. The molecule has 0 radical (unpaired) electrons. The van der Waals surface area contributed by atoms with Gasteiger partial charge in [-0.25, -0.2) is 4.39 Å². The van der Waals surface area contributed by atoms with Crippen molar-refractivity contribution in [1.29, 1.82) is 5.26 Å². The molecule has 1 unspecified atom stereocenters. The molecule has 12 heteroatoms.